The number of benzene rings is 1. The van der Waals surface area contributed by atoms with E-state index in [0.717, 1.165) is 38.8 Å². The van der Waals surface area contributed by atoms with Crippen molar-refractivity contribution >= 4 is 23.0 Å². The second kappa shape index (κ2) is 7.00. The van der Waals surface area contributed by atoms with Crippen molar-refractivity contribution in [3.8, 4) is 0 Å². The number of aryl methyl sites for hydroxylation is 1. The lowest BCUT2D eigenvalue weighted by Crippen LogP contribution is -2.48. The quantitative estimate of drug-likeness (QED) is 0.770. The van der Waals surface area contributed by atoms with E-state index in [9.17, 15) is 14.1 Å². The first kappa shape index (κ1) is 16.9. The Labute approximate surface area is 151 Å². The first-order chi connectivity index (χ1) is 12.1. The van der Waals surface area contributed by atoms with E-state index in [1.807, 2.05) is 17.0 Å². The highest BCUT2D eigenvalue weighted by atomic mass is 32.2. The molecule has 2 saturated heterocycles. The molecule has 0 saturated carbocycles. The van der Waals surface area contributed by atoms with Crippen LogP contribution in [0, 0.1) is 0 Å². The molecule has 3 atom stereocenters. The van der Waals surface area contributed by atoms with E-state index in [-0.39, 0.29) is 23.6 Å². The molecule has 2 fully saturated rings. The number of nitrogens with zero attached hydrogens (tertiary/aromatic N) is 2. The molecule has 0 aromatic heterocycles. The molecule has 0 bridgehead atoms. The van der Waals surface area contributed by atoms with E-state index in [2.05, 4.69) is 12.1 Å². The van der Waals surface area contributed by atoms with E-state index in [0.29, 0.717) is 12.2 Å². The molecule has 5 nitrogen and oxygen atoms in total. The normalized spacial score (nSPS) is 28.4. The van der Waals surface area contributed by atoms with Crippen LogP contribution in [0.1, 0.15) is 42.7 Å². The van der Waals surface area contributed by atoms with Gasteiger partial charge in [-0.25, -0.2) is 0 Å². The molecule has 134 valence electrons. The molecule has 3 aliphatic rings. The zero-order chi connectivity index (χ0) is 17.4. The Hall–Kier alpha value is -1.53. The monoisotopic (exact) mass is 360 g/mol. The fourth-order valence-electron chi connectivity index (χ4n) is 4.35. The average Bonchev–Trinajstić information content (AvgIpc) is 3.34. The molecule has 2 aliphatic heterocycles. The van der Waals surface area contributed by atoms with E-state index in [1.165, 1.54) is 11.1 Å². The number of rotatable bonds is 3. The molecule has 2 heterocycles. The summed E-state index contributed by atoms with van der Waals surface area (Å²) in [6.45, 7) is 1.53. The van der Waals surface area contributed by atoms with Crippen LogP contribution in [-0.2, 0) is 27.2 Å². The number of carbonyl (C=O) groups excluding carboxylic acids is 2. The summed E-state index contributed by atoms with van der Waals surface area (Å²) in [5.74, 6) is 0.689. The highest BCUT2D eigenvalue weighted by Gasteiger charge is 2.44. The van der Waals surface area contributed by atoms with Gasteiger partial charge in [-0.1, -0.05) is 24.3 Å². The van der Waals surface area contributed by atoms with Crippen LogP contribution in [0.3, 0.4) is 0 Å². The summed E-state index contributed by atoms with van der Waals surface area (Å²) in [4.78, 5) is 29.1. The summed E-state index contributed by atoms with van der Waals surface area (Å²) in [6.07, 6.45) is 4.45. The zero-order valence-electron chi connectivity index (χ0n) is 14.4. The highest BCUT2D eigenvalue weighted by Crippen LogP contribution is 2.36. The van der Waals surface area contributed by atoms with Gasteiger partial charge in [0.1, 0.15) is 5.75 Å². The molecule has 25 heavy (non-hydrogen) atoms. The first-order valence-corrected chi connectivity index (χ1v) is 10.6. The van der Waals surface area contributed by atoms with Gasteiger partial charge in [-0.3, -0.25) is 14.5 Å². The predicted molar refractivity (Wildman–Crippen MR) is 96.4 cm³/mol. The second-order valence-electron chi connectivity index (χ2n) is 7.29. The first-order valence-electron chi connectivity index (χ1n) is 9.14. The van der Waals surface area contributed by atoms with E-state index < -0.39 is 17.2 Å². The van der Waals surface area contributed by atoms with Crippen molar-refractivity contribution in [2.24, 2.45) is 0 Å². The lowest BCUT2D eigenvalue weighted by Gasteiger charge is -2.25. The molecular weight excluding hydrogens is 336 g/mol. The largest absolute Gasteiger partial charge is 0.615 e. The smallest absolute Gasteiger partial charge is 0.250 e. The molecular formula is C19H24N2O3S. The van der Waals surface area contributed by atoms with Gasteiger partial charge >= 0.3 is 0 Å². The third-order valence-corrected chi connectivity index (χ3v) is 6.96. The van der Waals surface area contributed by atoms with Gasteiger partial charge in [0, 0.05) is 19.5 Å². The Bertz CT molecular complexity index is 674. The van der Waals surface area contributed by atoms with Crippen molar-refractivity contribution in [3.05, 3.63) is 35.4 Å². The molecule has 3 unspecified atom stereocenters. The maximum Gasteiger partial charge on any atom is 0.250 e. The van der Waals surface area contributed by atoms with Crippen LogP contribution in [0.2, 0.25) is 0 Å². The van der Waals surface area contributed by atoms with Gasteiger partial charge in [0.25, 0.3) is 0 Å². The van der Waals surface area contributed by atoms with Crippen LogP contribution in [0.15, 0.2) is 24.3 Å². The van der Waals surface area contributed by atoms with Crippen molar-refractivity contribution in [1.82, 2.24) is 9.80 Å². The maximum absolute atomic E-state index is 12.9. The summed E-state index contributed by atoms with van der Waals surface area (Å²) < 4.78 is 12.1. The van der Waals surface area contributed by atoms with Crippen molar-refractivity contribution in [2.45, 2.75) is 44.1 Å². The number of hydrogen-bond acceptors (Lipinski definition) is 3. The standard InChI is InChI=1S/C19H24N2O3S/c22-18(11-15-8-7-14-5-1-2-6-16(14)15)21-13-25(24)12-17(21)19(23)20-9-3-4-10-20/h1-2,5-6,15,17H,3-4,7-13H2. The lowest BCUT2D eigenvalue weighted by atomic mass is 9.97. The Morgan fingerprint density at radius 2 is 1.96 bits per heavy atom. The molecule has 0 spiro atoms. The minimum atomic E-state index is -1.11. The van der Waals surface area contributed by atoms with Crippen molar-refractivity contribution in [1.29, 1.82) is 0 Å². The van der Waals surface area contributed by atoms with Gasteiger partial charge in [-0.05, 0) is 53.9 Å². The van der Waals surface area contributed by atoms with E-state index in [4.69, 9.17) is 0 Å². The van der Waals surface area contributed by atoms with E-state index >= 15 is 0 Å². The Morgan fingerprint density at radius 3 is 2.76 bits per heavy atom. The Balaban J connectivity index is 1.46. The van der Waals surface area contributed by atoms with Crippen LogP contribution in [0.5, 0.6) is 0 Å². The van der Waals surface area contributed by atoms with Crippen LogP contribution in [-0.4, -0.2) is 56.9 Å². The molecule has 4 rings (SSSR count). The third kappa shape index (κ3) is 3.29. The molecule has 2 amide bonds. The van der Waals surface area contributed by atoms with Crippen LogP contribution in [0.25, 0.3) is 0 Å². The number of carbonyl (C=O) groups is 2. The molecule has 1 aliphatic carbocycles. The van der Waals surface area contributed by atoms with Gasteiger partial charge < -0.3 is 9.45 Å². The molecule has 0 N–H and O–H groups in total. The summed E-state index contributed by atoms with van der Waals surface area (Å²) in [7, 11) is 0. The maximum atomic E-state index is 12.9. The molecule has 1 aromatic rings. The molecule has 1 aromatic carbocycles. The molecule has 0 radical (unpaired) electrons. The van der Waals surface area contributed by atoms with Gasteiger partial charge in [0.05, 0.1) is 0 Å². The number of fused-ring (bicyclic) bond motifs is 1. The second-order valence-corrected chi connectivity index (χ2v) is 8.76. The minimum absolute atomic E-state index is 0.0106. The Morgan fingerprint density at radius 1 is 1.20 bits per heavy atom. The van der Waals surface area contributed by atoms with Crippen LogP contribution in [0.4, 0.5) is 0 Å². The average molecular weight is 360 g/mol. The van der Waals surface area contributed by atoms with E-state index in [1.54, 1.807) is 4.90 Å². The summed E-state index contributed by atoms with van der Waals surface area (Å²) in [6, 6.07) is 7.77. The van der Waals surface area contributed by atoms with Gasteiger partial charge in [0.15, 0.2) is 11.9 Å². The van der Waals surface area contributed by atoms with Crippen molar-refractivity contribution in [2.75, 3.05) is 24.7 Å². The van der Waals surface area contributed by atoms with Gasteiger partial charge in [-0.2, -0.15) is 0 Å². The topological polar surface area (TPSA) is 63.7 Å². The predicted octanol–water partition coefficient (Wildman–Crippen LogP) is 1.65. The number of hydrogen-bond donors (Lipinski definition) is 0. The summed E-state index contributed by atoms with van der Waals surface area (Å²) in [5.41, 5.74) is 2.59. The van der Waals surface area contributed by atoms with Crippen molar-refractivity contribution < 1.29 is 14.1 Å². The van der Waals surface area contributed by atoms with Crippen LogP contribution < -0.4 is 0 Å². The summed E-state index contributed by atoms with van der Waals surface area (Å²) in [5, 5.41) is 0. The SMILES string of the molecule is O=C(C1C[S+]([O-])CN1C(=O)CC1CCc2ccccc21)N1CCCC1. The number of amides is 2. The third-order valence-electron chi connectivity index (χ3n) is 5.70. The number of likely N-dealkylation sites (tertiary alicyclic amines) is 1. The fraction of sp³-hybridized carbons (Fsp3) is 0.579. The minimum Gasteiger partial charge on any atom is -0.615 e. The highest BCUT2D eigenvalue weighted by molar-refractivity contribution is 7.91. The lowest BCUT2D eigenvalue weighted by molar-refractivity contribution is -0.142. The van der Waals surface area contributed by atoms with Gasteiger partial charge in [0.2, 0.25) is 11.8 Å². The van der Waals surface area contributed by atoms with Gasteiger partial charge in [-0.15, -0.1) is 0 Å². The molecule has 6 heteroatoms. The summed E-state index contributed by atoms with van der Waals surface area (Å²) >= 11 is -1.11. The fourth-order valence-corrected chi connectivity index (χ4v) is 5.76. The zero-order valence-corrected chi connectivity index (χ0v) is 15.2. The van der Waals surface area contributed by atoms with Crippen LogP contribution >= 0.6 is 0 Å². The Kier molecular flexibility index (Phi) is 4.73. The van der Waals surface area contributed by atoms with Crippen molar-refractivity contribution in [3.63, 3.8) is 0 Å².